The van der Waals surface area contributed by atoms with E-state index < -0.39 is 5.97 Å². The van der Waals surface area contributed by atoms with Gasteiger partial charge in [-0.1, -0.05) is 61.2 Å². The Balaban J connectivity index is 2.66. The van der Waals surface area contributed by atoms with Crippen molar-refractivity contribution < 1.29 is 9.90 Å². The average molecular weight is 263 g/mol. The van der Waals surface area contributed by atoms with Crippen molar-refractivity contribution in [2.45, 2.75) is 0 Å². The van der Waals surface area contributed by atoms with E-state index in [-0.39, 0.29) is 11.5 Å². The van der Waals surface area contributed by atoms with Crippen LogP contribution in [0.25, 0.3) is 5.57 Å². The lowest BCUT2D eigenvalue weighted by molar-refractivity contribution is -0.132. The van der Waals surface area contributed by atoms with E-state index in [4.69, 9.17) is 0 Å². The molecule has 20 heavy (non-hydrogen) atoms. The van der Waals surface area contributed by atoms with Crippen LogP contribution in [-0.4, -0.2) is 11.1 Å². The minimum atomic E-state index is -1.22. The number of rotatable bonds is 3. The predicted octanol–water partition coefficient (Wildman–Crippen LogP) is 3.35. The van der Waals surface area contributed by atoms with E-state index in [2.05, 4.69) is 6.58 Å². The Morgan fingerprint density at radius 1 is 1.25 bits per heavy atom. The average Bonchev–Trinajstić information content (AvgIpc) is 2.46. The van der Waals surface area contributed by atoms with Crippen LogP contribution in [-0.2, 0) is 4.79 Å². The third kappa shape index (κ3) is 2.60. The van der Waals surface area contributed by atoms with Crippen molar-refractivity contribution in [2.24, 2.45) is 5.92 Å². The van der Waals surface area contributed by atoms with Crippen LogP contribution in [0, 0.1) is 17.2 Å². The third-order valence-electron chi connectivity index (χ3n) is 3.12. The summed E-state index contributed by atoms with van der Waals surface area (Å²) in [4.78, 5) is 11.3. The number of carbonyl (C=O) groups is 1. The SMILES string of the molecule is C=C1C=CC=CC1C(=C(C#N)C(=O)O)c1ccccc1. The molecule has 0 amide bonds. The lowest BCUT2D eigenvalue weighted by atomic mass is 9.82. The minimum absolute atomic E-state index is 0.248. The summed E-state index contributed by atoms with van der Waals surface area (Å²) >= 11 is 0. The maximum atomic E-state index is 11.3. The first kappa shape index (κ1) is 13.6. The number of benzene rings is 1. The number of nitrogens with zero attached hydrogens (tertiary/aromatic N) is 1. The van der Waals surface area contributed by atoms with Gasteiger partial charge in [-0.25, -0.2) is 4.79 Å². The molecular weight excluding hydrogens is 250 g/mol. The van der Waals surface area contributed by atoms with Crippen LogP contribution in [0.5, 0.6) is 0 Å². The molecule has 0 spiro atoms. The summed E-state index contributed by atoms with van der Waals surface area (Å²) in [5.41, 5.74) is 1.71. The van der Waals surface area contributed by atoms with E-state index in [0.717, 1.165) is 11.1 Å². The Kier molecular flexibility index (Phi) is 3.97. The standard InChI is InChI=1S/C17H13NO2/c1-12-7-5-6-10-14(12)16(15(11-18)17(19)20)13-8-3-2-4-9-13/h2-10,14H,1H2,(H,19,20). The van der Waals surface area contributed by atoms with Crippen LogP contribution >= 0.6 is 0 Å². The zero-order valence-electron chi connectivity index (χ0n) is 10.8. The summed E-state index contributed by atoms with van der Waals surface area (Å²) in [5, 5.41) is 18.5. The first-order chi connectivity index (χ1) is 9.65. The van der Waals surface area contributed by atoms with Crippen LogP contribution in [0.1, 0.15) is 5.56 Å². The Morgan fingerprint density at radius 3 is 2.50 bits per heavy atom. The molecule has 0 fully saturated rings. The first-order valence-corrected chi connectivity index (χ1v) is 6.11. The van der Waals surface area contributed by atoms with Crippen LogP contribution in [0.15, 0.2) is 72.4 Å². The van der Waals surface area contributed by atoms with Crippen molar-refractivity contribution in [1.82, 2.24) is 0 Å². The molecule has 0 aromatic heterocycles. The molecule has 1 aromatic carbocycles. The van der Waals surface area contributed by atoms with Gasteiger partial charge in [0.2, 0.25) is 0 Å². The van der Waals surface area contributed by atoms with Gasteiger partial charge in [-0.3, -0.25) is 0 Å². The number of carboxylic acids is 1. The molecule has 1 aliphatic carbocycles. The Labute approximate surface area is 117 Å². The number of hydrogen-bond donors (Lipinski definition) is 1. The summed E-state index contributed by atoms with van der Waals surface area (Å²) in [6.45, 7) is 3.94. The molecule has 1 atom stereocenters. The fourth-order valence-corrected chi connectivity index (χ4v) is 2.18. The molecule has 0 saturated carbocycles. The van der Waals surface area contributed by atoms with E-state index in [1.807, 2.05) is 42.5 Å². The molecule has 0 bridgehead atoms. The third-order valence-corrected chi connectivity index (χ3v) is 3.12. The summed E-state index contributed by atoms with van der Waals surface area (Å²) in [6.07, 6.45) is 7.35. The van der Waals surface area contributed by atoms with Gasteiger partial charge in [-0.15, -0.1) is 0 Å². The van der Waals surface area contributed by atoms with Gasteiger partial charge < -0.3 is 5.11 Å². The molecule has 2 rings (SSSR count). The van der Waals surface area contributed by atoms with Gasteiger partial charge in [-0.05, 0) is 16.7 Å². The summed E-state index contributed by atoms with van der Waals surface area (Å²) in [6, 6.07) is 10.9. The highest BCUT2D eigenvalue weighted by Crippen LogP contribution is 2.34. The molecule has 0 saturated heterocycles. The van der Waals surface area contributed by atoms with Gasteiger partial charge in [0, 0.05) is 5.92 Å². The molecule has 1 aromatic rings. The second-order valence-electron chi connectivity index (χ2n) is 4.37. The van der Waals surface area contributed by atoms with E-state index in [0.29, 0.717) is 5.57 Å². The second kappa shape index (κ2) is 5.85. The highest BCUT2D eigenvalue weighted by molar-refractivity contribution is 6.01. The van der Waals surface area contributed by atoms with Gasteiger partial charge in [0.25, 0.3) is 0 Å². The molecule has 1 N–H and O–H groups in total. The molecule has 0 heterocycles. The van der Waals surface area contributed by atoms with Crippen molar-refractivity contribution in [3.63, 3.8) is 0 Å². The van der Waals surface area contributed by atoms with E-state index in [1.165, 1.54) is 0 Å². The van der Waals surface area contributed by atoms with Crippen molar-refractivity contribution >= 4 is 11.5 Å². The molecule has 0 radical (unpaired) electrons. The van der Waals surface area contributed by atoms with Crippen LogP contribution in [0.3, 0.4) is 0 Å². The van der Waals surface area contributed by atoms with Gasteiger partial charge in [0.1, 0.15) is 11.6 Å². The Morgan fingerprint density at radius 2 is 1.95 bits per heavy atom. The second-order valence-corrected chi connectivity index (χ2v) is 4.37. The Hall–Kier alpha value is -2.86. The summed E-state index contributed by atoms with van der Waals surface area (Å²) in [5.74, 6) is -1.52. The quantitative estimate of drug-likeness (QED) is 0.672. The lowest BCUT2D eigenvalue weighted by Crippen LogP contribution is -2.11. The Bertz CT molecular complexity index is 673. The van der Waals surface area contributed by atoms with Crippen LogP contribution in [0.2, 0.25) is 0 Å². The highest BCUT2D eigenvalue weighted by atomic mass is 16.4. The largest absolute Gasteiger partial charge is 0.477 e. The summed E-state index contributed by atoms with van der Waals surface area (Å²) < 4.78 is 0. The fourth-order valence-electron chi connectivity index (χ4n) is 2.18. The maximum Gasteiger partial charge on any atom is 0.346 e. The molecule has 98 valence electrons. The maximum absolute atomic E-state index is 11.3. The smallest absolute Gasteiger partial charge is 0.346 e. The predicted molar refractivity (Wildman–Crippen MR) is 77.5 cm³/mol. The van der Waals surface area contributed by atoms with Gasteiger partial charge in [0.05, 0.1) is 0 Å². The summed E-state index contributed by atoms with van der Waals surface area (Å²) in [7, 11) is 0. The topological polar surface area (TPSA) is 61.1 Å². The molecular formula is C17H13NO2. The van der Waals surface area contributed by atoms with E-state index >= 15 is 0 Å². The van der Waals surface area contributed by atoms with Gasteiger partial charge in [-0.2, -0.15) is 5.26 Å². The lowest BCUT2D eigenvalue weighted by Gasteiger charge is -2.21. The molecule has 0 aliphatic heterocycles. The van der Waals surface area contributed by atoms with Crippen LogP contribution in [0.4, 0.5) is 0 Å². The first-order valence-electron chi connectivity index (χ1n) is 6.11. The number of carboxylic acid groups (broad SMARTS) is 1. The fraction of sp³-hybridized carbons (Fsp3) is 0.0588. The van der Waals surface area contributed by atoms with Gasteiger partial charge >= 0.3 is 5.97 Å². The normalized spacial score (nSPS) is 18.4. The van der Waals surface area contributed by atoms with Crippen molar-refractivity contribution in [3.05, 3.63) is 77.9 Å². The van der Waals surface area contributed by atoms with E-state index in [9.17, 15) is 15.2 Å². The highest BCUT2D eigenvalue weighted by Gasteiger charge is 2.24. The minimum Gasteiger partial charge on any atom is -0.477 e. The van der Waals surface area contributed by atoms with Crippen molar-refractivity contribution in [3.8, 4) is 6.07 Å². The zero-order valence-corrected chi connectivity index (χ0v) is 10.8. The molecule has 3 nitrogen and oxygen atoms in total. The number of hydrogen-bond acceptors (Lipinski definition) is 2. The number of allylic oxidation sites excluding steroid dienone is 6. The van der Waals surface area contributed by atoms with Crippen molar-refractivity contribution in [1.29, 1.82) is 5.26 Å². The van der Waals surface area contributed by atoms with Crippen LogP contribution < -0.4 is 0 Å². The molecule has 3 heteroatoms. The van der Waals surface area contributed by atoms with E-state index in [1.54, 1.807) is 18.2 Å². The van der Waals surface area contributed by atoms with Crippen molar-refractivity contribution in [2.75, 3.05) is 0 Å². The monoisotopic (exact) mass is 263 g/mol. The molecule has 1 unspecified atom stereocenters. The number of nitriles is 1. The van der Waals surface area contributed by atoms with Gasteiger partial charge in [0.15, 0.2) is 0 Å². The number of aliphatic carboxylic acids is 1. The zero-order chi connectivity index (χ0) is 14.5. The molecule has 1 aliphatic rings.